The number of rotatable bonds is 2. The molecule has 1 heterocycles. The van der Waals surface area contributed by atoms with Crippen molar-refractivity contribution in [2.45, 2.75) is 51.0 Å². The lowest BCUT2D eigenvalue weighted by Crippen LogP contribution is -2.50. The quantitative estimate of drug-likeness (QED) is 0.808. The standard InChI is InChI=1S/C17H23ClN2/c1-16(2,3)20-12-9-17(8-11-19,10-13-20)14-4-6-15(18)7-5-14/h4-7H,8-10,12-13H2,1-3H3. The van der Waals surface area contributed by atoms with E-state index in [-0.39, 0.29) is 11.0 Å². The fourth-order valence-electron chi connectivity index (χ4n) is 3.13. The van der Waals surface area contributed by atoms with Gasteiger partial charge in [-0.05, 0) is 64.4 Å². The van der Waals surface area contributed by atoms with E-state index in [2.05, 4.69) is 43.9 Å². The first-order valence-electron chi connectivity index (χ1n) is 7.25. The van der Waals surface area contributed by atoms with Gasteiger partial charge in [0.05, 0.1) is 6.07 Å². The van der Waals surface area contributed by atoms with E-state index in [1.165, 1.54) is 5.56 Å². The van der Waals surface area contributed by atoms with E-state index in [4.69, 9.17) is 11.6 Å². The molecule has 0 amide bonds. The van der Waals surface area contributed by atoms with Crippen molar-refractivity contribution >= 4 is 11.6 Å². The molecule has 20 heavy (non-hydrogen) atoms. The van der Waals surface area contributed by atoms with Gasteiger partial charge in [-0.1, -0.05) is 23.7 Å². The number of likely N-dealkylation sites (tertiary alicyclic amines) is 1. The molecule has 0 atom stereocenters. The molecule has 108 valence electrons. The Labute approximate surface area is 127 Å². The van der Waals surface area contributed by atoms with Gasteiger partial charge in [0.25, 0.3) is 0 Å². The molecule has 0 saturated carbocycles. The minimum absolute atomic E-state index is 0.00108. The molecule has 0 bridgehead atoms. The van der Waals surface area contributed by atoms with Crippen LogP contribution in [0.1, 0.15) is 45.6 Å². The fourth-order valence-corrected chi connectivity index (χ4v) is 3.25. The van der Waals surface area contributed by atoms with Crippen LogP contribution >= 0.6 is 11.6 Å². The van der Waals surface area contributed by atoms with E-state index >= 15 is 0 Å². The van der Waals surface area contributed by atoms with E-state index in [1.807, 2.05) is 12.1 Å². The lowest BCUT2D eigenvalue weighted by Gasteiger charge is -2.46. The van der Waals surface area contributed by atoms with Crippen molar-refractivity contribution in [3.05, 3.63) is 34.9 Å². The highest BCUT2D eigenvalue weighted by Crippen LogP contribution is 2.40. The first-order chi connectivity index (χ1) is 9.37. The average Bonchev–Trinajstić information content (AvgIpc) is 2.39. The summed E-state index contributed by atoms with van der Waals surface area (Å²) in [5.74, 6) is 0. The molecular formula is C17H23ClN2. The van der Waals surface area contributed by atoms with Crippen LogP contribution in [-0.2, 0) is 5.41 Å². The van der Waals surface area contributed by atoms with E-state index in [1.54, 1.807) is 0 Å². The Morgan fingerprint density at radius 1 is 1.20 bits per heavy atom. The fraction of sp³-hybridized carbons (Fsp3) is 0.588. The molecule has 2 rings (SSSR count). The number of hydrogen-bond donors (Lipinski definition) is 0. The summed E-state index contributed by atoms with van der Waals surface area (Å²) in [6, 6.07) is 10.4. The van der Waals surface area contributed by atoms with Crippen molar-refractivity contribution in [2.24, 2.45) is 0 Å². The van der Waals surface area contributed by atoms with Crippen LogP contribution in [0.15, 0.2) is 24.3 Å². The number of halogens is 1. The van der Waals surface area contributed by atoms with Gasteiger partial charge in [-0.15, -0.1) is 0 Å². The van der Waals surface area contributed by atoms with Crippen molar-refractivity contribution in [3.8, 4) is 6.07 Å². The molecule has 1 aliphatic rings. The van der Waals surface area contributed by atoms with Crippen LogP contribution in [0.25, 0.3) is 0 Å². The Hall–Kier alpha value is -1.04. The zero-order valence-electron chi connectivity index (χ0n) is 12.6. The van der Waals surface area contributed by atoms with Crippen LogP contribution < -0.4 is 0 Å². The predicted octanol–water partition coefficient (Wildman–Crippen LogP) is 4.39. The van der Waals surface area contributed by atoms with Crippen molar-refractivity contribution in [3.63, 3.8) is 0 Å². The molecule has 1 aromatic rings. The minimum Gasteiger partial charge on any atom is -0.298 e. The molecule has 0 spiro atoms. The SMILES string of the molecule is CC(C)(C)N1CCC(CC#N)(c2ccc(Cl)cc2)CC1. The van der Waals surface area contributed by atoms with Crippen molar-refractivity contribution in [2.75, 3.05) is 13.1 Å². The molecule has 1 aromatic carbocycles. The van der Waals surface area contributed by atoms with Gasteiger partial charge in [0.2, 0.25) is 0 Å². The second-order valence-corrected chi connectivity index (χ2v) is 7.22. The van der Waals surface area contributed by atoms with E-state index < -0.39 is 0 Å². The maximum Gasteiger partial charge on any atom is 0.0631 e. The van der Waals surface area contributed by atoms with Gasteiger partial charge in [-0.25, -0.2) is 0 Å². The molecule has 1 aliphatic heterocycles. The molecule has 0 N–H and O–H groups in total. The highest BCUT2D eigenvalue weighted by molar-refractivity contribution is 6.30. The zero-order chi connectivity index (χ0) is 14.8. The maximum atomic E-state index is 9.24. The summed E-state index contributed by atoms with van der Waals surface area (Å²) >= 11 is 5.98. The van der Waals surface area contributed by atoms with Crippen molar-refractivity contribution < 1.29 is 0 Å². The van der Waals surface area contributed by atoms with Crippen LogP contribution in [-0.4, -0.2) is 23.5 Å². The summed E-state index contributed by atoms with van der Waals surface area (Å²) in [6.07, 6.45) is 2.67. The molecule has 1 saturated heterocycles. The molecule has 0 aliphatic carbocycles. The van der Waals surface area contributed by atoms with Gasteiger partial charge in [-0.3, -0.25) is 4.90 Å². The summed E-state index contributed by atoms with van der Waals surface area (Å²) in [6.45, 7) is 8.87. The molecule has 1 fully saturated rings. The molecule has 0 aromatic heterocycles. The second-order valence-electron chi connectivity index (χ2n) is 6.78. The zero-order valence-corrected chi connectivity index (χ0v) is 13.4. The summed E-state index contributed by atoms with van der Waals surface area (Å²) < 4.78 is 0. The lowest BCUT2D eigenvalue weighted by molar-refractivity contribution is 0.0752. The summed E-state index contributed by atoms with van der Waals surface area (Å²) in [5.41, 5.74) is 1.47. The third-order valence-electron chi connectivity index (χ3n) is 4.54. The Kier molecular flexibility index (Phi) is 4.42. The molecule has 0 unspecified atom stereocenters. The van der Waals surface area contributed by atoms with Crippen LogP contribution in [0.2, 0.25) is 5.02 Å². The van der Waals surface area contributed by atoms with Crippen LogP contribution in [0.4, 0.5) is 0 Å². The first kappa shape index (κ1) is 15.4. The number of hydrogen-bond acceptors (Lipinski definition) is 2. The normalized spacial score (nSPS) is 19.6. The van der Waals surface area contributed by atoms with Crippen molar-refractivity contribution in [1.29, 1.82) is 5.26 Å². The number of piperidine rings is 1. The second kappa shape index (κ2) is 5.76. The number of benzene rings is 1. The Morgan fingerprint density at radius 3 is 2.20 bits per heavy atom. The predicted molar refractivity (Wildman–Crippen MR) is 83.9 cm³/mol. The van der Waals surface area contributed by atoms with Crippen LogP contribution in [0.5, 0.6) is 0 Å². The van der Waals surface area contributed by atoms with Gasteiger partial charge in [0.15, 0.2) is 0 Å². The average molecular weight is 291 g/mol. The largest absolute Gasteiger partial charge is 0.298 e. The monoisotopic (exact) mass is 290 g/mol. The van der Waals surface area contributed by atoms with Crippen LogP contribution in [0, 0.1) is 11.3 Å². The Bertz CT molecular complexity index is 485. The Morgan fingerprint density at radius 2 is 1.75 bits per heavy atom. The molecule has 3 heteroatoms. The summed E-state index contributed by atoms with van der Waals surface area (Å²) in [5, 5.41) is 9.99. The Balaban J connectivity index is 2.21. The van der Waals surface area contributed by atoms with Crippen molar-refractivity contribution in [1.82, 2.24) is 4.90 Å². The third-order valence-corrected chi connectivity index (χ3v) is 4.80. The lowest BCUT2D eigenvalue weighted by atomic mass is 9.70. The van der Waals surface area contributed by atoms with Gasteiger partial charge in [-0.2, -0.15) is 5.26 Å². The van der Waals surface area contributed by atoms with Gasteiger partial charge < -0.3 is 0 Å². The molecule has 0 radical (unpaired) electrons. The van der Waals surface area contributed by atoms with Crippen LogP contribution in [0.3, 0.4) is 0 Å². The minimum atomic E-state index is 0.00108. The third kappa shape index (κ3) is 3.16. The van der Waals surface area contributed by atoms with E-state index in [0.717, 1.165) is 31.0 Å². The highest BCUT2D eigenvalue weighted by atomic mass is 35.5. The highest BCUT2D eigenvalue weighted by Gasteiger charge is 2.38. The smallest absolute Gasteiger partial charge is 0.0631 e. The van der Waals surface area contributed by atoms with E-state index in [9.17, 15) is 5.26 Å². The topological polar surface area (TPSA) is 27.0 Å². The van der Waals surface area contributed by atoms with Gasteiger partial charge in [0, 0.05) is 22.4 Å². The van der Waals surface area contributed by atoms with Gasteiger partial charge >= 0.3 is 0 Å². The number of nitrogens with zero attached hydrogens (tertiary/aromatic N) is 2. The summed E-state index contributed by atoms with van der Waals surface area (Å²) in [4.78, 5) is 2.51. The molecular weight excluding hydrogens is 268 g/mol. The van der Waals surface area contributed by atoms with E-state index in [0.29, 0.717) is 6.42 Å². The molecule has 2 nitrogen and oxygen atoms in total. The maximum absolute atomic E-state index is 9.24. The van der Waals surface area contributed by atoms with Gasteiger partial charge in [0.1, 0.15) is 0 Å². The first-order valence-corrected chi connectivity index (χ1v) is 7.63. The number of nitriles is 1. The summed E-state index contributed by atoms with van der Waals surface area (Å²) in [7, 11) is 0.